The molecule has 1 aliphatic rings. The Morgan fingerprint density at radius 3 is 2.94 bits per heavy atom. The van der Waals surface area contributed by atoms with Gasteiger partial charge in [-0.15, -0.1) is 0 Å². The molecule has 1 saturated heterocycles. The molecule has 1 fully saturated rings. The molecule has 1 aromatic carbocycles. The van der Waals surface area contributed by atoms with Crippen molar-refractivity contribution in [3.8, 4) is 0 Å². The van der Waals surface area contributed by atoms with Crippen molar-refractivity contribution in [1.82, 2.24) is 0 Å². The maximum atomic E-state index is 9.44. The highest BCUT2D eigenvalue weighted by Gasteiger charge is 2.27. The molecule has 0 saturated carbocycles. The van der Waals surface area contributed by atoms with Crippen LogP contribution in [0.25, 0.3) is 0 Å². The molecule has 1 aromatic rings. The fraction of sp³-hybridized carbons (Fsp3) is 0.538. The van der Waals surface area contributed by atoms with Crippen LogP contribution >= 0.6 is 23.4 Å². The maximum Gasteiger partial charge on any atom is 0.0702 e. The molecule has 1 aliphatic heterocycles. The van der Waals surface area contributed by atoms with Crippen molar-refractivity contribution in [1.29, 1.82) is 0 Å². The molecule has 1 heterocycles. The number of thioether (sulfide) groups is 1. The van der Waals surface area contributed by atoms with E-state index in [1.165, 1.54) is 0 Å². The second-order valence-electron chi connectivity index (χ2n) is 4.42. The summed E-state index contributed by atoms with van der Waals surface area (Å²) in [5.74, 6) is 1.11. The van der Waals surface area contributed by atoms with Crippen LogP contribution in [0.5, 0.6) is 0 Å². The molecule has 0 aliphatic carbocycles. The average molecular weight is 272 g/mol. The minimum absolute atomic E-state index is 0.0423. The third-order valence-electron chi connectivity index (χ3n) is 3.41. The van der Waals surface area contributed by atoms with Gasteiger partial charge in [-0.25, -0.2) is 0 Å². The molecule has 1 N–H and O–H groups in total. The van der Waals surface area contributed by atoms with Crippen LogP contribution in [-0.4, -0.2) is 28.7 Å². The van der Waals surface area contributed by atoms with Crippen molar-refractivity contribution in [2.24, 2.45) is 0 Å². The van der Waals surface area contributed by atoms with E-state index in [0.717, 1.165) is 28.6 Å². The Balaban J connectivity index is 2.38. The monoisotopic (exact) mass is 271 g/mol. The van der Waals surface area contributed by atoms with E-state index in [2.05, 4.69) is 18.7 Å². The van der Waals surface area contributed by atoms with Gasteiger partial charge in [-0.2, -0.15) is 11.8 Å². The molecule has 0 bridgehead atoms. The number of anilines is 1. The zero-order valence-electron chi connectivity index (χ0n) is 10.2. The van der Waals surface area contributed by atoms with E-state index in [-0.39, 0.29) is 6.61 Å². The molecule has 94 valence electrons. The number of para-hydroxylation sites is 1. The summed E-state index contributed by atoms with van der Waals surface area (Å²) in [4.78, 5) is 2.33. The van der Waals surface area contributed by atoms with Crippen LogP contribution in [-0.2, 0) is 6.61 Å². The van der Waals surface area contributed by atoms with Gasteiger partial charge in [0.2, 0.25) is 0 Å². The van der Waals surface area contributed by atoms with Gasteiger partial charge in [0.25, 0.3) is 0 Å². The second kappa shape index (κ2) is 5.51. The first kappa shape index (κ1) is 13.1. The van der Waals surface area contributed by atoms with Gasteiger partial charge in [0.1, 0.15) is 0 Å². The molecule has 2 rings (SSSR count). The summed E-state index contributed by atoms with van der Waals surface area (Å²) in [5.41, 5.74) is 1.93. The van der Waals surface area contributed by atoms with E-state index in [1.54, 1.807) is 0 Å². The predicted molar refractivity (Wildman–Crippen MR) is 76.1 cm³/mol. The quantitative estimate of drug-likeness (QED) is 0.894. The normalized spacial score (nSPS) is 25.1. The van der Waals surface area contributed by atoms with Gasteiger partial charge in [-0.3, -0.25) is 0 Å². The lowest BCUT2D eigenvalue weighted by Crippen LogP contribution is -2.45. The van der Waals surface area contributed by atoms with E-state index in [0.29, 0.717) is 11.3 Å². The van der Waals surface area contributed by atoms with Crippen molar-refractivity contribution in [3.63, 3.8) is 0 Å². The Labute approximate surface area is 112 Å². The van der Waals surface area contributed by atoms with E-state index in [1.807, 2.05) is 30.0 Å². The highest BCUT2D eigenvalue weighted by atomic mass is 35.5. The number of hydrogen-bond donors (Lipinski definition) is 1. The summed E-state index contributed by atoms with van der Waals surface area (Å²) in [6, 6.07) is 6.18. The SMILES string of the molecule is CC1SCCN(c2c(Cl)cccc2CO)C1C. The van der Waals surface area contributed by atoms with E-state index in [9.17, 15) is 5.11 Å². The topological polar surface area (TPSA) is 23.5 Å². The Kier molecular flexibility index (Phi) is 4.23. The fourth-order valence-electron chi connectivity index (χ4n) is 2.26. The van der Waals surface area contributed by atoms with Crippen LogP contribution in [0.15, 0.2) is 18.2 Å². The van der Waals surface area contributed by atoms with Gasteiger partial charge in [-0.1, -0.05) is 30.7 Å². The summed E-state index contributed by atoms with van der Waals surface area (Å²) in [5, 5.41) is 10.8. The first-order valence-electron chi connectivity index (χ1n) is 5.91. The molecule has 2 nitrogen and oxygen atoms in total. The zero-order chi connectivity index (χ0) is 12.4. The van der Waals surface area contributed by atoms with Gasteiger partial charge in [0.15, 0.2) is 0 Å². The Morgan fingerprint density at radius 1 is 1.47 bits per heavy atom. The van der Waals surface area contributed by atoms with Crippen LogP contribution in [0.1, 0.15) is 19.4 Å². The zero-order valence-corrected chi connectivity index (χ0v) is 11.8. The number of halogens is 1. The van der Waals surface area contributed by atoms with Crippen molar-refractivity contribution in [3.05, 3.63) is 28.8 Å². The summed E-state index contributed by atoms with van der Waals surface area (Å²) in [7, 11) is 0. The van der Waals surface area contributed by atoms with Gasteiger partial charge in [0.05, 0.1) is 17.3 Å². The molecular formula is C13H18ClNOS. The largest absolute Gasteiger partial charge is 0.392 e. The molecule has 2 unspecified atom stereocenters. The molecule has 0 amide bonds. The summed E-state index contributed by atoms with van der Waals surface area (Å²) in [6.45, 7) is 5.51. The predicted octanol–water partition coefficient (Wildman–Crippen LogP) is 3.16. The first-order valence-corrected chi connectivity index (χ1v) is 7.34. The van der Waals surface area contributed by atoms with E-state index < -0.39 is 0 Å². The lowest BCUT2D eigenvalue weighted by atomic mass is 10.1. The number of aliphatic hydroxyl groups excluding tert-OH is 1. The molecule has 0 aromatic heterocycles. The van der Waals surface area contributed by atoms with Crippen LogP contribution < -0.4 is 4.90 Å². The number of rotatable bonds is 2. The molecule has 17 heavy (non-hydrogen) atoms. The highest BCUT2D eigenvalue weighted by molar-refractivity contribution is 8.00. The molecular weight excluding hydrogens is 254 g/mol. The third kappa shape index (κ3) is 2.56. The van der Waals surface area contributed by atoms with Gasteiger partial charge < -0.3 is 10.0 Å². The van der Waals surface area contributed by atoms with E-state index in [4.69, 9.17) is 11.6 Å². The Morgan fingerprint density at radius 2 is 2.24 bits per heavy atom. The number of benzene rings is 1. The summed E-state index contributed by atoms with van der Waals surface area (Å²) >= 11 is 8.29. The Bertz CT molecular complexity index is 399. The summed E-state index contributed by atoms with van der Waals surface area (Å²) < 4.78 is 0. The van der Waals surface area contributed by atoms with Crippen LogP contribution in [0.3, 0.4) is 0 Å². The summed E-state index contributed by atoms with van der Waals surface area (Å²) in [6.07, 6.45) is 0. The molecule has 4 heteroatoms. The molecule has 2 atom stereocenters. The minimum atomic E-state index is 0.0423. The number of nitrogens with zero attached hydrogens (tertiary/aromatic N) is 1. The van der Waals surface area contributed by atoms with Gasteiger partial charge in [-0.05, 0) is 13.0 Å². The number of hydrogen-bond acceptors (Lipinski definition) is 3. The fourth-order valence-corrected chi connectivity index (χ4v) is 3.66. The van der Waals surface area contributed by atoms with Gasteiger partial charge in [0, 0.05) is 29.2 Å². The van der Waals surface area contributed by atoms with Crippen molar-refractivity contribution in [2.75, 3.05) is 17.2 Å². The highest BCUT2D eigenvalue weighted by Crippen LogP contribution is 2.36. The number of aliphatic hydroxyl groups is 1. The minimum Gasteiger partial charge on any atom is -0.392 e. The standard InChI is InChI=1S/C13H18ClNOS/c1-9-10(2)17-7-6-15(9)13-11(8-16)4-3-5-12(13)14/h3-5,9-10,16H,6-8H2,1-2H3. The molecule has 0 radical (unpaired) electrons. The van der Waals surface area contributed by atoms with Crippen LogP contribution in [0, 0.1) is 0 Å². The average Bonchev–Trinajstić information content (AvgIpc) is 2.33. The third-order valence-corrected chi connectivity index (χ3v) is 5.05. The van der Waals surface area contributed by atoms with Crippen LogP contribution in [0.2, 0.25) is 5.02 Å². The Hall–Kier alpha value is -0.380. The van der Waals surface area contributed by atoms with Crippen LogP contribution in [0.4, 0.5) is 5.69 Å². The van der Waals surface area contributed by atoms with Crippen molar-refractivity contribution in [2.45, 2.75) is 31.7 Å². The van der Waals surface area contributed by atoms with Gasteiger partial charge >= 0.3 is 0 Å². The second-order valence-corrected chi connectivity index (χ2v) is 6.31. The first-order chi connectivity index (χ1) is 8.15. The molecule has 0 spiro atoms. The lowest BCUT2D eigenvalue weighted by Gasteiger charge is -2.40. The van der Waals surface area contributed by atoms with Crippen molar-refractivity contribution < 1.29 is 5.11 Å². The smallest absolute Gasteiger partial charge is 0.0702 e. The van der Waals surface area contributed by atoms with Crippen molar-refractivity contribution >= 4 is 29.1 Å². The maximum absolute atomic E-state index is 9.44. The lowest BCUT2D eigenvalue weighted by molar-refractivity contribution is 0.282. The van der Waals surface area contributed by atoms with E-state index >= 15 is 0 Å².